The highest BCUT2D eigenvalue weighted by molar-refractivity contribution is 14.1. The Kier molecular flexibility index (Phi) is 3.26. The average Bonchev–Trinajstić information content (AvgIpc) is 2.08. The van der Waals surface area contributed by atoms with E-state index >= 15 is 0 Å². The van der Waals surface area contributed by atoms with Crippen molar-refractivity contribution >= 4 is 28.4 Å². The zero-order chi connectivity index (χ0) is 9.14. The Labute approximate surface area is 86.4 Å². The Balaban J connectivity index is 3.01. The number of carbonyl (C=O) groups excluding carboxylic acids is 1. The van der Waals surface area contributed by atoms with Crippen molar-refractivity contribution in [2.45, 2.75) is 20.3 Å². The van der Waals surface area contributed by atoms with Crippen LogP contribution >= 0.6 is 22.6 Å². The van der Waals surface area contributed by atoms with Crippen molar-refractivity contribution in [3.8, 4) is 0 Å². The molecule has 0 bridgehead atoms. The summed E-state index contributed by atoms with van der Waals surface area (Å²) in [4.78, 5) is 11.1. The van der Waals surface area contributed by atoms with Crippen LogP contribution in [0.15, 0.2) is 33.0 Å². The van der Waals surface area contributed by atoms with Gasteiger partial charge in [0.25, 0.3) is 0 Å². The van der Waals surface area contributed by atoms with Crippen molar-refractivity contribution < 1.29 is 4.79 Å². The third-order valence-corrected chi connectivity index (χ3v) is 2.80. The molecule has 0 N–H and O–H groups in total. The van der Waals surface area contributed by atoms with E-state index in [1.54, 1.807) is 6.08 Å². The first-order valence-electron chi connectivity index (χ1n) is 3.94. The highest BCUT2D eigenvalue weighted by atomic mass is 127. The minimum Gasteiger partial charge on any atom is -0.289 e. The van der Waals surface area contributed by atoms with Gasteiger partial charge >= 0.3 is 0 Å². The highest BCUT2D eigenvalue weighted by Gasteiger charge is 2.08. The number of hydrogen-bond acceptors (Lipinski definition) is 1. The van der Waals surface area contributed by atoms with E-state index in [4.69, 9.17) is 0 Å². The Bertz CT molecular complexity index is 295. The first-order valence-corrected chi connectivity index (χ1v) is 5.02. The lowest BCUT2D eigenvalue weighted by molar-refractivity contribution is -0.110. The molecule has 0 unspecified atom stereocenters. The maximum absolute atomic E-state index is 11.1. The van der Waals surface area contributed by atoms with Crippen LogP contribution in [0.5, 0.6) is 0 Å². The quantitative estimate of drug-likeness (QED) is 0.671. The van der Waals surface area contributed by atoms with Gasteiger partial charge in [0.05, 0.1) is 3.58 Å². The molecule has 0 spiro atoms. The Morgan fingerprint density at radius 1 is 1.50 bits per heavy atom. The van der Waals surface area contributed by atoms with Crippen LogP contribution in [-0.4, -0.2) is 5.78 Å². The Hall–Kier alpha value is -0.380. The Morgan fingerprint density at radius 3 is 2.67 bits per heavy atom. The summed E-state index contributed by atoms with van der Waals surface area (Å²) >= 11 is 2.07. The van der Waals surface area contributed by atoms with Crippen molar-refractivity contribution in [1.29, 1.82) is 0 Å². The molecule has 0 aromatic rings. The maximum atomic E-state index is 11.1. The van der Waals surface area contributed by atoms with Crippen LogP contribution in [0.25, 0.3) is 0 Å². The van der Waals surface area contributed by atoms with Crippen LogP contribution in [0.1, 0.15) is 20.3 Å². The van der Waals surface area contributed by atoms with Crippen molar-refractivity contribution in [1.82, 2.24) is 0 Å². The second-order valence-corrected chi connectivity index (χ2v) is 3.94. The fourth-order valence-electron chi connectivity index (χ4n) is 0.970. The van der Waals surface area contributed by atoms with Crippen LogP contribution in [0.2, 0.25) is 0 Å². The molecular weight excluding hydrogens is 263 g/mol. The molecule has 12 heavy (non-hydrogen) atoms. The summed E-state index contributed by atoms with van der Waals surface area (Å²) in [6.45, 7) is 4.21. The summed E-state index contributed by atoms with van der Waals surface area (Å²) in [5, 5.41) is 0. The van der Waals surface area contributed by atoms with Crippen molar-refractivity contribution in [3.05, 3.63) is 33.0 Å². The van der Waals surface area contributed by atoms with Crippen LogP contribution in [0.4, 0.5) is 0 Å². The van der Waals surface area contributed by atoms with Gasteiger partial charge in [0, 0.05) is 0 Å². The van der Waals surface area contributed by atoms with Crippen molar-refractivity contribution in [2.75, 3.05) is 0 Å². The number of allylic oxidation sites excluding steroid dienone is 6. The molecule has 1 aliphatic carbocycles. The van der Waals surface area contributed by atoms with Crippen LogP contribution in [0, 0.1) is 0 Å². The molecule has 0 amide bonds. The van der Waals surface area contributed by atoms with Gasteiger partial charge in [-0.15, -0.1) is 0 Å². The van der Waals surface area contributed by atoms with Crippen molar-refractivity contribution in [3.63, 3.8) is 0 Å². The van der Waals surface area contributed by atoms with Gasteiger partial charge in [0.2, 0.25) is 0 Å². The van der Waals surface area contributed by atoms with Crippen molar-refractivity contribution in [2.24, 2.45) is 0 Å². The zero-order valence-corrected chi connectivity index (χ0v) is 9.38. The minimum atomic E-state index is 0.114. The third kappa shape index (κ3) is 2.06. The fourth-order valence-corrected chi connectivity index (χ4v) is 1.49. The summed E-state index contributed by atoms with van der Waals surface area (Å²) in [5.74, 6) is 0.114. The monoisotopic (exact) mass is 274 g/mol. The van der Waals surface area contributed by atoms with Gasteiger partial charge in [0.15, 0.2) is 5.78 Å². The molecule has 0 fully saturated rings. The van der Waals surface area contributed by atoms with Crippen LogP contribution in [-0.2, 0) is 4.79 Å². The normalized spacial score (nSPS) is 20.9. The van der Waals surface area contributed by atoms with E-state index in [2.05, 4.69) is 36.4 Å². The molecule has 0 aromatic heterocycles. The van der Waals surface area contributed by atoms with E-state index in [0.29, 0.717) is 0 Å². The lowest BCUT2D eigenvalue weighted by atomic mass is 10.0. The van der Waals surface area contributed by atoms with Gasteiger partial charge in [-0.1, -0.05) is 18.6 Å². The minimum absolute atomic E-state index is 0.114. The molecule has 64 valence electrons. The number of ketones is 1. The molecule has 2 heteroatoms. The number of hydrogen-bond donors (Lipinski definition) is 0. The molecule has 0 aliphatic heterocycles. The lowest BCUT2D eigenvalue weighted by Crippen LogP contribution is -1.98. The van der Waals surface area contributed by atoms with E-state index < -0.39 is 0 Å². The predicted molar refractivity (Wildman–Crippen MR) is 59.2 cm³/mol. The molecular formula is C10H11IO. The molecule has 1 nitrogen and oxygen atoms in total. The van der Waals surface area contributed by atoms with Gasteiger partial charge in [0.1, 0.15) is 0 Å². The zero-order valence-electron chi connectivity index (χ0n) is 7.23. The smallest absolute Gasteiger partial charge is 0.191 e. The summed E-state index contributed by atoms with van der Waals surface area (Å²) < 4.78 is 0.804. The predicted octanol–water partition coefficient (Wildman–Crippen LogP) is 3.17. The number of carbonyl (C=O) groups is 1. The van der Waals surface area contributed by atoms with Crippen LogP contribution in [0.3, 0.4) is 0 Å². The van der Waals surface area contributed by atoms with E-state index in [1.165, 1.54) is 11.1 Å². The van der Waals surface area contributed by atoms with E-state index in [1.807, 2.05) is 12.2 Å². The first-order chi connectivity index (χ1) is 5.65. The van der Waals surface area contributed by atoms with Gasteiger partial charge < -0.3 is 0 Å². The second-order valence-electron chi connectivity index (χ2n) is 2.78. The van der Waals surface area contributed by atoms with E-state index in [0.717, 1.165) is 10.0 Å². The lowest BCUT2D eigenvalue weighted by Gasteiger charge is -2.06. The summed E-state index contributed by atoms with van der Waals surface area (Å²) in [7, 11) is 0. The first kappa shape index (κ1) is 9.71. The molecule has 0 atom stereocenters. The van der Waals surface area contributed by atoms with Gasteiger partial charge in [-0.25, -0.2) is 0 Å². The van der Waals surface area contributed by atoms with Gasteiger partial charge in [-0.2, -0.15) is 0 Å². The third-order valence-electron chi connectivity index (χ3n) is 1.96. The van der Waals surface area contributed by atoms with E-state index in [9.17, 15) is 4.79 Å². The average molecular weight is 274 g/mol. The standard InChI is InChI=1S/C10H11IO/c1-3-7(2)8-4-5-10(12)9(11)6-8/h4-6H,3H2,1-2H3/b8-7-. The fraction of sp³-hybridized carbons (Fsp3) is 0.300. The van der Waals surface area contributed by atoms with Crippen LogP contribution < -0.4 is 0 Å². The molecule has 1 aliphatic rings. The summed E-state index contributed by atoms with van der Waals surface area (Å²) in [6, 6.07) is 0. The largest absolute Gasteiger partial charge is 0.289 e. The second kappa shape index (κ2) is 4.03. The SMILES string of the molecule is CC/C(C)=C1/C=CC(=O)C(I)=C1. The van der Waals surface area contributed by atoms with Gasteiger partial charge in [-0.3, -0.25) is 4.79 Å². The summed E-state index contributed by atoms with van der Waals surface area (Å²) in [5.41, 5.74) is 2.51. The number of halogens is 1. The topological polar surface area (TPSA) is 17.1 Å². The molecule has 0 aromatic carbocycles. The van der Waals surface area contributed by atoms with Gasteiger partial charge in [-0.05, 0) is 53.7 Å². The summed E-state index contributed by atoms with van der Waals surface area (Å²) in [6.07, 6.45) is 6.51. The Morgan fingerprint density at radius 2 is 2.17 bits per heavy atom. The molecule has 1 rings (SSSR count). The van der Waals surface area contributed by atoms with E-state index in [-0.39, 0.29) is 5.78 Å². The molecule has 0 radical (unpaired) electrons. The number of rotatable bonds is 1. The molecule has 0 saturated heterocycles. The molecule has 0 heterocycles. The molecule has 0 saturated carbocycles. The highest BCUT2D eigenvalue weighted by Crippen LogP contribution is 2.21. The maximum Gasteiger partial charge on any atom is 0.191 e.